The average molecular weight is 377 g/mol. The van der Waals surface area contributed by atoms with Gasteiger partial charge in [0.1, 0.15) is 0 Å². The largest absolute Gasteiger partial charge is 0.481 e. The predicted molar refractivity (Wildman–Crippen MR) is 82.1 cm³/mol. The van der Waals surface area contributed by atoms with Crippen LogP contribution in [0.1, 0.15) is 6.42 Å². The van der Waals surface area contributed by atoms with Crippen molar-refractivity contribution in [1.82, 2.24) is 4.90 Å². The van der Waals surface area contributed by atoms with Gasteiger partial charge in [-0.25, -0.2) is 0 Å². The van der Waals surface area contributed by atoms with Gasteiger partial charge in [0.05, 0.1) is 19.1 Å². The molecule has 0 aliphatic carbocycles. The van der Waals surface area contributed by atoms with Crippen LogP contribution in [0.25, 0.3) is 0 Å². The van der Waals surface area contributed by atoms with Gasteiger partial charge >= 0.3 is 12.1 Å². The highest BCUT2D eigenvalue weighted by atomic mass is 19.4. The maximum Gasteiger partial charge on any atom is 0.422 e. The molecule has 1 N–H and O–H groups in total. The molecular weight excluding hydrogens is 359 g/mol. The van der Waals surface area contributed by atoms with E-state index in [1.165, 1.54) is 29.2 Å². The number of carbonyl (C=O) groups excluding carboxylic acids is 1. The molecule has 1 atom stereocenters. The molecule has 1 heterocycles. The first-order chi connectivity index (χ1) is 12.2. The molecule has 0 spiro atoms. The van der Waals surface area contributed by atoms with Crippen LogP contribution in [0.3, 0.4) is 0 Å². The Hall–Kier alpha value is -2.49. The molecule has 1 fully saturated rings. The number of hydrogen-bond acceptors (Lipinski definition) is 5. The molecule has 1 aromatic carbocycles. The molecular formula is C16H18F3NO6. The molecule has 1 aromatic rings. The molecule has 2 rings (SSSR count). The van der Waals surface area contributed by atoms with Crippen molar-refractivity contribution in [2.24, 2.45) is 0 Å². The molecule has 144 valence electrons. The third-order valence-corrected chi connectivity index (χ3v) is 3.49. The maximum atomic E-state index is 12.3. The number of hydrogen-bond donors (Lipinski definition) is 1. The Morgan fingerprint density at radius 1 is 1.23 bits per heavy atom. The minimum absolute atomic E-state index is 0.0143. The summed E-state index contributed by atoms with van der Waals surface area (Å²) in [6.07, 6.45) is -5.32. The van der Waals surface area contributed by atoms with E-state index in [9.17, 15) is 22.8 Å². The second-order valence-corrected chi connectivity index (χ2v) is 5.57. The van der Waals surface area contributed by atoms with Crippen molar-refractivity contribution >= 4 is 11.9 Å². The maximum absolute atomic E-state index is 12.3. The number of alkyl halides is 3. The summed E-state index contributed by atoms with van der Waals surface area (Å²) < 4.78 is 52.1. The number of rotatable bonds is 7. The van der Waals surface area contributed by atoms with Crippen molar-refractivity contribution in [3.05, 3.63) is 24.3 Å². The fraction of sp³-hybridized carbons (Fsp3) is 0.500. The molecule has 1 amide bonds. The summed E-state index contributed by atoms with van der Waals surface area (Å²) in [5.74, 6) is -1.56. The zero-order valence-electron chi connectivity index (χ0n) is 13.7. The van der Waals surface area contributed by atoms with Gasteiger partial charge in [0.25, 0.3) is 5.91 Å². The van der Waals surface area contributed by atoms with Crippen molar-refractivity contribution in [2.75, 3.05) is 32.9 Å². The molecule has 1 unspecified atom stereocenters. The first-order valence-corrected chi connectivity index (χ1v) is 7.77. The first kappa shape index (κ1) is 19.8. The highest BCUT2D eigenvalue weighted by Gasteiger charge is 2.29. The van der Waals surface area contributed by atoms with Crippen LogP contribution in [-0.4, -0.2) is 67.1 Å². The average Bonchev–Trinajstić information content (AvgIpc) is 2.57. The van der Waals surface area contributed by atoms with E-state index in [0.717, 1.165) is 0 Å². The van der Waals surface area contributed by atoms with Crippen molar-refractivity contribution in [1.29, 1.82) is 0 Å². The molecule has 0 bridgehead atoms. The highest BCUT2D eigenvalue weighted by Crippen LogP contribution is 2.28. The van der Waals surface area contributed by atoms with E-state index in [2.05, 4.69) is 4.74 Å². The van der Waals surface area contributed by atoms with Crippen LogP contribution in [0.4, 0.5) is 13.2 Å². The zero-order valence-corrected chi connectivity index (χ0v) is 13.7. The zero-order chi connectivity index (χ0) is 19.2. The number of morpholine rings is 1. The van der Waals surface area contributed by atoms with E-state index in [0.29, 0.717) is 0 Å². The number of amides is 1. The summed E-state index contributed by atoms with van der Waals surface area (Å²) in [6, 6.07) is 5.73. The van der Waals surface area contributed by atoms with Crippen LogP contribution in [0.15, 0.2) is 24.3 Å². The minimum Gasteiger partial charge on any atom is -0.481 e. The van der Waals surface area contributed by atoms with E-state index < -0.39 is 37.4 Å². The third-order valence-electron chi connectivity index (χ3n) is 3.49. The Morgan fingerprint density at radius 2 is 1.88 bits per heavy atom. The van der Waals surface area contributed by atoms with Gasteiger partial charge in [0.15, 0.2) is 24.7 Å². The smallest absolute Gasteiger partial charge is 0.422 e. The number of nitrogens with zero attached hydrogens (tertiary/aromatic N) is 1. The van der Waals surface area contributed by atoms with Crippen LogP contribution in [0, 0.1) is 0 Å². The Labute approximate surface area is 147 Å². The lowest BCUT2D eigenvalue weighted by Gasteiger charge is -2.32. The number of aliphatic carboxylic acids is 1. The van der Waals surface area contributed by atoms with E-state index in [-0.39, 0.29) is 37.6 Å². The number of ether oxygens (including phenoxy) is 3. The number of carboxylic acid groups (broad SMARTS) is 1. The second kappa shape index (κ2) is 8.75. The Kier molecular flexibility index (Phi) is 6.67. The van der Waals surface area contributed by atoms with Gasteiger partial charge in [-0.05, 0) is 12.1 Å². The lowest BCUT2D eigenvalue weighted by molar-refractivity contribution is -0.153. The molecule has 0 saturated carbocycles. The molecule has 7 nitrogen and oxygen atoms in total. The van der Waals surface area contributed by atoms with E-state index in [1.54, 1.807) is 0 Å². The molecule has 0 aromatic heterocycles. The second-order valence-electron chi connectivity index (χ2n) is 5.57. The molecule has 1 aliphatic rings. The van der Waals surface area contributed by atoms with E-state index >= 15 is 0 Å². The summed E-state index contributed by atoms with van der Waals surface area (Å²) in [4.78, 5) is 24.3. The summed E-state index contributed by atoms with van der Waals surface area (Å²) >= 11 is 0. The molecule has 26 heavy (non-hydrogen) atoms. The standard InChI is InChI=1S/C16H18F3NO6/c17-16(18,19)10-26-13-4-2-1-3-12(13)25-9-14(21)20-5-6-24-11(8-20)7-15(22)23/h1-4,11H,5-10H2,(H,22,23). The number of benzene rings is 1. The number of halogens is 3. The Bertz CT molecular complexity index is 637. The van der Waals surface area contributed by atoms with Crippen molar-refractivity contribution < 1.29 is 42.1 Å². The number of para-hydroxylation sites is 2. The van der Waals surface area contributed by atoms with Crippen LogP contribution < -0.4 is 9.47 Å². The molecule has 10 heteroatoms. The SMILES string of the molecule is O=C(O)CC1CN(C(=O)COc2ccccc2OCC(F)(F)F)CCO1. The first-order valence-electron chi connectivity index (χ1n) is 7.77. The lowest BCUT2D eigenvalue weighted by Crippen LogP contribution is -2.47. The van der Waals surface area contributed by atoms with Gasteiger partial charge in [-0.1, -0.05) is 12.1 Å². The van der Waals surface area contributed by atoms with Gasteiger partial charge in [-0.2, -0.15) is 13.2 Å². The fourth-order valence-corrected chi connectivity index (χ4v) is 2.34. The van der Waals surface area contributed by atoms with Gasteiger partial charge in [-0.15, -0.1) is 0 Å². The normalized spacial score (nSPS) is 17.7. The van der Waals surface area contributed by atoms with E-state index in [4.69, 9.17) is 14.6 Å². The van der Waals surface area contributed by atoms with Gasteiger partial charge in [0, 0.05) is 13.1 Å². The predicted octanol–water partition coefficient (Wildman–Crippen LogP) is 1.71. The van der Waals surface area contributed by atoms with E-state index in [1.807, 2.05) is 0 Å². The molecule has 0 radical (unpaired) electrons. The number of carboxylic acids is 1. The van der Waals surface area contributed by atoms with Crippen LogP contribution in [-0.2, 0) is 14.3 Å². The Morgan fingerprint density at radius 3 is 2.50 bits per heavy atom. The van der Waals surface area contributed by atoms with Crippen molar-refractivity contribution in [3.63, 3.8) is 0 Å². The monoisotopic (exact) mass is 377 g/mol. The summed E-state index contributed by atoms with van der Waals surface area (Å²) in [5, 5.41) is 8.78. The third kappa shape index (κ3) is 6.43. The quantitative estimate of drug-likeness (QED) is 0.779. The summed E-state index contributed by atoms with van der Waals surface area (Å²) in [6.45, 7) is -1.28. The molecule has 1 saturated heterocycles. The van der Waals surface area contributed by atoms with Crippen molar-refractivity contribution in [3.8, 4) is 11.5 Å². The topological polar surface area (TPSA) is 85.3 Å². The van der Waals surface area contributed by atoms with Crippen LogP contribution in [0.5, 0.6) is 11.5 Å². The highest BCUT2D eigenvalue weighted by molar-refractivity contribution is 5.78. The Balaban J connectivity index is 1.90. The molecule has 1 aliphatic heterocycles. The number of carbonyl (C=O) groups is 2. The van der Waals surface area contributed by atoms with Gasteiger partial charge in [-0.3, -0.25) is 9.59 Å². The van der Waals surface area contributed by atoms with Crippen LogP contribution >= 0.6 is 0 Å². The summed E-state index contributed by atoms with van der Waals surface area (Å²) in [5.41, 5.74) is 0. The van der Waals surface area contributed by atoms with Crippen LogP contribution in [0.2, 0.25) is 0 Å². The van der Waals surface area contributed by atoms with Gasteiger partial charge in [0.2, 0.25) is 0 Å². The van der Waals surface area contributed by atoms with Crippen molar-refractivity contribution in [2.45, 2.75) is 18.7 Å². The minimum atomic E-state index is -4.49. The lowest BCUT2D eigenvalue weighted by atomic mass is 10.2. The summed E-state index contributed by atoms with van der Waals surface area (Å²) in [7, 11) is 0. The fourth-order valence-electron chi connectivity index (χ4n) is 2.34. The van der Waals surface area contributed by atoms with Gasteiger partial charge < -0.3 is 24.2 Å².